The molecule has 0 aromatic carbocycles. The van der Waals surface area contributed by atoms with E-state index in [0.717, 1.165) is 12.8 Å². The zero-order valence-corrected chi connectivity index (χ0v) is 9.78. The van der Waals surface area contributed by atoms with E-state index < -0.39 is 0 Å². The topological polar surface area (TPSA) is 36.9 Å². The molecule has 4 heteroatoms. The van der Waals surface area contributed by atoms with E-state index in [1.54, 1.807) is 28.4 Å². The van der Waals surface area contributed by atoms with E-state index in [1.807, 2.05) is 0 Å². The first-order valence-corrected chi connectivity index (χ1v) is 4.86. The molecular weight excluding hydrogens is 184 g/mol. The van der Waals surface area contributed by atoms with Crippen molar-refractivity contribution in [1.82, 2.24) is 0 Å². The Bertz CT molecular complexity index is 109. The maximum Gasteiger partial charge on any atom is 0.164 e. The molecule has 0 atom stereocenters. The van der Waals surface area contributed by atoms with Gasteiger partial charge in [0.1, 0.15) is 0 Å². The predicted molar refractivity (Wildman–Crippen MR) is 54.0 cm³/mol. The van der Waals surface area contributed by atoms with Gasteiger partial charge in [0.15, 0.2) is 12.6 Å². The summed E-state index contributed by atoms with van der Waals surface area (Å²) in [5, 5.41) is 0. The van der Waals surface area contributed by atoms with E-state index in [0.29, 0.717) is 0 Å². The lowest BCUT2D eigenvalue weighted by molar-refractivity contribution is -0.223. The number of hydrogen-bond donors (Lipinski definition) is 0. The Kier molecular flexibility index (Phi) is 8.08. The lowest BCUT2D eigenvalue weighted by atomic mass is 10.0. The minimum atomic E-state index is -0.278. The van der Waals surface area contributed by atoms with Crippen molar-refractivity contribution in [1.29, 1.82) is 0 Å². The SMILES string of the molecule is CCCC(C(OC)OC)C(OC)OC. The molecular formula is C10H22O4. The first kappa shape index (κ1) is 13.8. The summed E-state index contributed by atoms with van der Waals surface area (Å²) >= 11 is 0. The van der Waals surface area contributed by atoms with Gasteiger partial charge < -0.3 is 18.9 Å². The molecule has 14 heavy (non-hydrogen) atoms. The smallest absolute Gasteiger partial charge is 0.164 e. The van der Waals surface area contributed by atoms with Crippen molar-refractivity contribution in [3.05, 3.63) is 0 Å². The van der Waals surface area contributed by atoms with Crippen LogP contribution in [0.25, 0.3) is 0 Å². The Morgan fingerprint density at radius 2 is 1.14 bits per heavy atom. The van der Waals surface area contributed by atoms with Gasteiger partial charge in [-0.3, -0.25) is 0 Å². The minimum absolute atomic E-state index is 0.102. The van der Waals surface area contributed by atoms with Crippen LogP contribution in [0.5, 0.6) is 0 Å². The van der Waals surface area contributed by atoms with Gasteiger partial charge in [-0.1, -0.05) is 13.3 Å². The largest absolute Gasteiger partial charge is 0.355 e. The third-order valence-corrected chi connectivity index (χ3v) is 2.25. The fraction of sp³-hybridized carbons (Fsp3) is 1.00. The molecule has 0 radical (unpaired) electrons. The van der Waals surface area contributed by atoms with Crippen LogP contribution in [0.15, 0.2) is 0 Å². The molecule has 0 saturated carbocycles. The van der Waals surface area contributed by atoms with Gasteiger partial charge in [-0.05, 0) is 6.42 Å². The normalized spacial score (nSPS) is 12.0. The fourth-order valence-corrected chi connectivity index (χ4v) is 1.63. The van der Waals surface area contributed by atoms with Gasteiger partial charge in [-0.15, -0.1) is 0 Å². The molecule has 0 aliphatic rings. The van der Waals surface area contributed by atoms with Gasteiger partial charge in [0.05, 0.1) is 5.92 Å². The van der Waals surface area contributed by atoms with Crippen molar-refractivity contribution >= 4 is 0 Å². The standard InChI is InChI=1S/C10H22O4/c1-6-7-8(9(11-2)12-3)10(13-4)14-5/h8-10H,6-7H2,1-5H3. The molecule has 86 valence electrons. The molecule has 0 aromatic heterocycles. The van der Waals surface area contributed by atoms with E-state index >= 15 is 0 Å². The van der Waals surface area contributed by atoms with Gasteiger partial charge in [-0.2, -0.15) is 0 Å². The highest BCUT2D eigenvalue weighted by atomic mass is 16.7. The Morgan fingerprint density at radius 3 is 1.36 bits per heavy atom. The molecule has 0 spiro atoms. The van der Waals surface area contributed by atoms with Crippen LogP contribution in [0.2, 0.25) is 0 Å². The van der Waals surface area contributed by atoms with Crippen molar-refractivity contribution in [3.8, 4) is 0 Å². The molecule has 0 heterocycles. The summed E-state index contributed by atoms with van der Waals surface area (Å²) in [5.41, 5.74) is 0. The van der Waals surface area contributed by atoms with Gasteiger partial charge in [0, 0.05) is 28.4 Å². The first-order chi connectivity index (χ1) is 6.74. The van der Waals surface area contributed by atoms with Crippen molar-refractivity contribution in [3.63, 3.8) is 0 Å². The summed E-state index contributed by atoms with van der Waals surface area (Å²) in [7, 11) is 6.50. The molecule has 4 nitrogen and oxygen atoms in total. The van der Waals surface area contributed by atoms with Crippen molar-refractivity contribution < 1.29 is 18.9 Å². The molecule has 0 aromatic rings. The highest BCUT2D eigenvalue weighted by molar-refractivity contribution is 4.66. The number of rotatable bonds is 8. The quantitative estimate of drug-likeness (QED) is 0.566. The summed E-state index contributed by atoms with van der Waals surface area (Å²) in [5.74, 6) is 0.102. The van der Waals surface area contributed by atoms with E-state index in [-0.39, 0.29) is 18.5 Å². The maximum absolute atomic E-state index is 5.22. The molecule has 0 N–H and O–H groups in total. The lowest BCUT2D eigenvalue weighted by Gasteiger charge is -2.29. The van der Waals surface area contributed by atoms with Gasteiger partial charge >= 0.3 is 0 Å². The summed E-state index contributed by atoms with van der Waals surface area (Å²) in [6.45, 7) is 2.11. The average molecular weight is 206 g/mol. The van der Waals surface area contributed by atoms with Crippen molar-refractivity contribution in [2.24, 2.45) is 5.92 Å². The Balaban J connectivity index is 4.36. The van der Waals surface area contributed by atoms with Crippen LogP contribution < -0.4 is 0 Å². The predicted octanol–water partition coefficient (Wildman–Crippen LogP) is 1.64. The van der Waals surface area contributed by atoms with E-state index in [2.05, 4.69) is 6.92 Å². The van der Waals surface area contributed by atoms with Crippen LogP contribution in [0.1, 0.15) is 19.8 Å². The molecule has 0 saturated heterocycles. The van der Waals surface area contributed by atoms with Crippen LogP contribution in [0.4, 0.5) is 0 Å². The fourth-order valence-electron chi connectivity index (χ4n) is 1.63. The minimum Gasteiger partial charge on any atom is -0.355 e. The highest BCUT2D eigenvalue weighted by Gasteiger charge is 2.29. The summed E-state index contributed by atoms with van der Waals surface area (Å²) in [6.07, 6.45) is 1.43. The van der Waals surface area contributed by atoms with E-state index in [1.165, 1.54) is 0 Å². The molecule has 0 rings (SSSR count). The molecule has 0 bridgehead atoms. The first-order valence-electron chi connectivity index (χ1n) is 4.86. The van der Waals surface area contributed by atoms with Crippen LogP contribution in [-0.2, 0) is 18.9 Å². The number of ether oxygens (including phenoxy) is 4. The zero-order valence-electron chi connectivity index (χ0n) is 9.78. The number of hydrogen-bond acceptors (Lipinski definition) is 4. The van der Waals surface area contributed by atoms with Crippen LogP contribution in [-0.4, -0.2) is 41.0 Å². The van der Waals surface area contributed by atoms with E-state index in [4.69, 9.17) is 18.9 Å². The third-order valence-electron chi connectivity index (χ3n) is 2.25. The number of methoxy groups -OCH3 is 4. The second kappa shape index (κ2) is 8.17. The monoisotopic (exact) mass is 206 g/mol. The van der Waals surface area contributed by atoms with Crippen LogP contribution >= 0.6 is 0 Å². The van der Waals surface area contributed by atoms with Gasteiger partial charge in [0.25, 0.3) is 0 Å². The molecule has 0 fully saturated rings. The molecule has 0 aliphatic carbocycles. The van der Waals surface area contributed by atoms with E-state index in [9.17, 15) is 0 Å². The Hall–Kier alpha value is -0.160. The molecule has 0 amide bonds. The van der Waals surface area contributed by atoms with Gasteiger partial charge in [0.2, 0.25) is 0 Å². The second-order valence-electron chi connectivity index (χ2n) is 3.13. The zero-order chi connectivity index (χ0) is 11.0. The van der Waals surface area contributed by atoms with Crippen molar-refractivity contribution in [2.45, 2.75) is 32.3 Å². The molecule has 0 unspecified atom stereocenters. The second-order valence-corrected chi connectivity index (χ2v) is 3.13. The van der Waals surface area contributed by atoms with Crippen LogP contribution in [0.3, 0.4) is 0 Å². The summed E-state index contributed by atoms with van der Waals surface area (Å²) in [6, 6.07) is 0. The average Bonchev–Trinajstić information content (AvgIpc) is 2.21. The summed E-state index contributed by atoms with van der Waals surface area (Å²) < 4.78 is 20.9. The highest BCUT2D eigenvalue weighted by Crippen LogP contribution is 2.21. The Morgan fingerprint density at radius 1 is 0.786 bits per heavy atom. The van der Waals surface area contributed by atoms with Crippen molar-refractivity contribution in [2.75, 3.05) is 28.4 Å². The van der Waals surface area contributed by atoms with Gasteiger partial charge in [-0.25, -0.2) is 0 Å². The van der Waals surface area contributed by atoms with Crippen LogP contribution in [0, 0.1) is 5.92 Å². The third kappa shape index (κ3) is 3.92. The lowest BCUT2D eigenvalue weighted by Crippen LogP contribution is -2.36. The maximum atomic E-state index is 5.22. The Labute approximate surface area is 86.5 Å². The molecule has 0 aliphatic heterocycles. The summed E-state index contributed by atoms with van der Waals surface area (Å²) in [4.78, 5) is 0.